The molecule has 0 unspecified atom stereocenters. The van der Waals surface area contributed by atoms with Gasteiger partial charge in [-0.1, -0.05) is 0 Å². The van der Waals surface area contributed by atoms with Crippen molar-refractivity contribution in [3.05, 3.63) is 0 Å². The lowest BCUT2D eigenvalue weighted by Crippen LogP contribution is -2.39. The maximum Gasteiger partial charge on any atom is 0.305 e. The number of carbonyl (C=O) groups excluding carboxylic acids is 1. The number of aliphatic hydroxyl groups excluding tert-OH is 1. The number of hydrogen-bond acceptors (Lipinski definition) is 5. The minimum absolute atomic E-state index is 0.0211. The predicted molar refractivity (Wildman–Crippen MR) is 55.1 cm³/mol. The van der Waals surface area contributed by atoms with Gasteiger partial charge in [0.25, 0.3) is 5.92 Å². The Labute approximate surface area is 98.0 Å². The minimum atomic E-state index is -3.88. The van der Waals surface area contributed by atoms with Crippen LogP contribution in [-0.4, -0.2) is 51.4 Å². The van der Waals surface area contributed by atoms with Gasteiger partial charge in [0.2, 0.25) is 10.0 Å². The van der Waals surface area contributed by atoms with Gasteiger partial charge in [0, 0.05) is 6.42 Å². The molecule has 0 spiro atoms. The molecule has 0 bridgehead atoms. The van der Waals surface area contributed by atoms with E-state index in [0.717, 1.165) is 7.11 Å². The number of methoxy groups -OCH3 is 1. The van der Waals surface area contributed by atoms with E-state index in [1.54, 1.807) is 4.72 Å². The summed E-state index contributed by atoms with van der Waals surface area (Å²) in [5.74, 6) is -4.51. The normalized spacial score (nSPS) is 12.5. The van der Waals surface area contributed by atoms with Gasteiger partial charge in [0.05, 0.1) is 19.4 Å². The zero-order valence-electron chi connectivity index (χ0n) is 9.28. The summed E-state index contributed by atoms with van der Waals surface area (Å²) in [5, 5.41) is 8.23. The zero-order chi connectivity index (χ0) is 13.5. The number of halogens is 2. The highest BCUT2D eigenvalue weighted by molar-refractivity contribution is 7.89. The first-order valence-electron chi connectivity index (χ1n) is 4.75. The number of carbonyl (C=O) groups is 1. The minimum Gasteiger partial charge on any atom is -0.469 e. The molecule has 0 amide bonds. The lowest BCUT2D eigenvalue weighted by atomic mass is 10.3. The van der Waals surface area contributed by atoms with Crippen LogP contribution in [0.4, 0.5) is 8.78 Å². The second-order valence-electron chi connectivity index (χ2n) is 3.33. The smallest absolute Gasteiger partial charge is 0.305 e. The Morgan fingerprint density at radius 2 is 2.06 bits per heavy atom. The van der Waals surface area contributed by atoms with Gasteiger partial charge in [0.15, 0.2) is 0 Å². The van der Waals surface area contributed by atoms with Crippen LogP contribution in [0.15, 0.2) is 0 Å². The van der Waals surface area contributed by atoms with Gasteiger partial charge in [-0.05, 0) is 6.42 Å². The molecule has 0 aliphatic heterocycles. The molecule has 0 aromatic heterocycles. The molecular formula is C8H15F2NO5S. The number of sulfonamides is 1. The topological polar surface area (TPSA) is 92.7 Å². The molecule has 0 saturated heterocycles. The van der Waals surface area contributed by atoms with E-state index in [-0.39, 0.29) is 12.8 Å². The first-order valence-corrected chi connectivity index (χ1v) is 6.40. The van der Waals surface area contributed by atoms with Crippen molar-refractivity contribution in [3.63, 3.8) is 0 Å². The third kappa shape index (κ3) is 8.00. The first-order chi connectivity index (χ1) is 7.72. The zero-order valence-corrected chi connectivity index (χ0v) is 10.1. The van der Waals surface area contributed by atoms with E-state index in [0.29, 0.717) is 0 Å². The molecule has 0 rings (SSSR count). The summed E-state index contributed by atoms with van der Waals surface area (Å²) in [4.78, 5) is 10.7. The van der Waals surface area contributed by atoms with Crippen molar-refractivity contribution in [2.24, 2.45) is 0 Å². The van der Waals surface area contributed by atoms with Crippen molar-refractivity contribution in [2.75, 3.05) is 26.0 Å². The quantitative estimate of drug-likeness (QED) is 0.582. The molecule has 17 heavy (non-hydrogen) atoms. The highest BCUT2D eigenvalue weighted by Crippen LogP contribution is 2.10. The van der Waals surface area contributed by atoms with E-state index in [4.69, 9.17) is 5.11 Å². The molecule has 0 atom stereocenters. The fourth-order valence-corrected chi connectivity index (χ4v) is 1.95. The maximum atomic E-state index is 12.5. The van der Waals surface area contributed by atoms with Crippen LogP contribution in [0.5, 0.6) is 0 Å². The molecule has 0 aromatic rings. The van der Waals surface area contributed by atoms with Crippen LogP contribution in [0.1, 0.15) is 12.8 Å². The lowest BCUT2D eigenvalue weighted by molar-refractivity contribution is -0.140. The third-order valence-corrected chi connectivity index (χ3v) is 3.21. The van der Waals surface area contributed by atoms with Crippen LogP contribution in [0.25, 0.3) is 0 Å². The number of alkyl halides is 2. The van der Waals surface area contributed by atoms with E-state index in [1.165, 1.54) is 0 Å². The summed E-state index contributed by atoms with van der Waals surface area (Å²) in [5.41, 5.74) is 0. The lowest BCUT2D eigenvalue weighted by Gasteiger charge is -2.13. The summed E-state index contributed by atoms with van der Waals surface area (Å²) < 4.78 is 53.4. The summed E-state index contributed by atoms with van der Waals surface area (Å²) in [7, 11) is -2.71. The van der Waals surface area contributed by atoms with Crippen LogP contribution in [-0.2, 0) is 19.6 Å². The van der Waals surface area contributed by atoms with Crippen molar-refractivity contribution < 1.29 is 31.8 Å². The molecule has 0 aliphatic rings. The number of nitrogens with one attached hydrogen (secondary N) is 1. The molecule has 0 saturated carbocycles. The monoisotopic (exact) mass is 275 g/mol. The van der Waals surface area contributed by atoms with E-state index in [9.17, 15) is 22.0 Å². The van der Waals surface area contributed by atoms with Gasteiger partial charge in [-0.2, -0.15) is 0 Å². The van der Waals surface area contributed by atoms with E-state index >= 15 is 0 Å². The molecule has 0 fully saturated rings. The number of hydrogen-bond donors (Lipinski definition) is 2. The average molecular weight is 275 g/mol. The van der Waals surface area contributed by atoms with Crippen LogP contribution in [0, 0.1) is 0 Å². The second kappa shape index (κ2) is 6.82. The van der Waals surface area contributed by atoms with Gasteiger partial charge in [0.1, 0.15) is 6.61 Å². The molecule has 0 radical (unpaired) electrons. The van der Waals surface area contributed by atoms with Crippen molar-refractivity contribution in [1.29, 1.82) is 0 Å². The van der Waals surface area contributed by atoms with Gasteiger partial charge in [-0.25, -0.2) is 21.9 Å². The molecule has 0 aliphatic carbocycles. The van der Waals surface area contributed by atoms with E-state index < -0.39 is 40.8 Å². The fraction of sp³-hybridized carbons (Fsp3) is 0.875. The van der Waals surface area contributed by atoms with Crippen molar-refractivity contribution in [1.82, 2.24) is 4.72 Å². The average Bonchev–Trinajstić information content (AvgIpc) is 2.26. The summed E-state index contributed by atoms with van der Waals surface area (Å²) in [6.07, 6.45) is -0.124. The Bertz CT molecular complexity index is 344. The number of esters is 1. The Morgan fingerprint density at radius 3 is 2.53 bits per heavy atom. The highest BCUT2D eigenvalue weighted by Gasteiger charge is 2.29. The summed E-state index contributed by atoms with van der Waals surface area (Å²) in [6, 6.07) is 0. The SMILES string of the molecule is COC(=O)CCCS(=O)(=O)NCC(F)(F)CO. The van der Waals surface area contributed by atoms with Crippen LogP contribution in [0.3, 0.4) is 0 Å². The van der Waals surface area contributed by atoms with Crippen molar-refractivity contribution in [3.8, 4) is 0 Å². The molecular weight excluding hydrogens is 260 g/mol. The van der Waals surface area contributed by atoms with Gasteiger partial charge < -0.3 is 9.84 Å². The number of aliphatic hydroxyl groups is 1. The van der Waals surface area contributed by atoms with Gasteiger partial charge >= 0.3 is 5.97 Å². The Balaban J connectivity index is 4.01. The molecule has 102 valence electrons. The number of ether oxygens (including phenoxy) is 1. The van der Waals surface area contributed by atoms with Gasteiger partial charge in [-0.15, -0.1) is 0 Å². The standard InChI is InChI=1S/C8H15F2NO5S/c1-16-7(13)3-2-4-17(14,15)11-5-8(9,10)6-12/h11-12H,2-6H2,1H3. The van der Waals surface area contributed by atoms with Gasteiger partial charge in [-0.3, -0.25) is 4.79 Å². The molecule has 9 heteroatoms. The Kier molecular flexibility index (Phi) is 6.50. The highest BCUT2D eigenvalue weighted by atomic mass is 32.2. The molecule has 6 nitrogen and oxygen atoms in total. The first kappa shape index (κ1) is 16.2. The molecule has 2 N–H and O–H groups in total. The van der Waals surface area contributed by atoms with Crippen molar-refractivity contribution in [2.45, 2.75) is 18.8 Å². The third-order valence-electron chi connectivity index (χ3n) is 1.80. The largest absolute Gasteiger partial charge is 0.469 e. The molecule has 0 heterocycles. The predicted octanol–water partition coefficient (Wildman–Crippen LogP) is -0.513. The fourth-order valence-electron chi connectivity index (χ4n) is 0.852. The van der Waals surface area contributed by atoms with Crippen LogP contribution in [0.2, 0.25) is 0 Å². The van der Waals surface area contributed by atoms with Crippen LogP contribution >= 0.6 is 0 Å². The Morgan fingerprint density at radius 1 is 1.47 bits per heavy atom. The molecule has 0 aromatic carbocycles. The summed E-state index contributed by atoms with van der Waals surface area (Å²) >= 11 is 0. The van der Waals surface area contributed by atoms with Crippen molar-refractivity contribution >= 4 is 16.0 Å². The second-order valence-corrected chi connectivity index (χ2v) is 5.26. The maximum absolute atomic E-state index is 12.5. The van der Waals surface area contributed by atoms with E-state index in [1.807, 2.05) is 0 Å². The number of rotatable bonds is 8. The van der Waals surface area contributed by atoms with Crippen LogP contribution < -0.4 is 4.72 Å². The summed E-state index contributed by atoms with van der Waals surface area (Å²) in [6.45, 7) is -2.60. The Hall–Kier alpha value is -0.800. The van der Waals surface area contributed by atoms with E-state index in [2.05, 4.69) is 4.74 Å².